The van der Waals surface area contributed by atoms with Crippen LogP contribution >= 0.6 is 0 Å². The zero-order valence-electron chi connectivity index (χ0n) is 12.2. The number of unbranched alkanes of at least 4 members (excludes halogenated alkanes) is 4. The van der Waals surface area contributed by atoms with Crippen LogP contribution in [0.4, 0.5) is 4.79 Å². The van der Waals surface area contributed by atoms with Gasteiger partial charge in [0, 0.05) is 12.4 Å². The molecule has 0 bridgehead atoms. The highest BCUT2D eigenvalue weighted by Gasteiger charge is 2.15. The van der Waals surface area contributed by atoms with E-state index in [1.807, 2.05) is 0 Å². The van der Waals surface area contributed by atoms with Crippen LogP contribution in [0.15, 0.2) is 18.7 Å². The second kappa shape index (κ2) is 9.59. The molecule has 0 radical (unpaired) electrons. The first-order chi connectivity index (χ1) is 9.27. The van der Waals surface area contributed by atoms with Crippen LogP contribution in [0.5, 0.6) is 0 Å². The van der Waals surface area contributed by atoms with E-state index in [2.05, 4.69) is 18.8 Å². The van der Waals surface area contributed by atoms with Crippen molar-refractivity contribution >= 4 is 6.09 Å². The molecule has 0 unspecified atom stereocenters. The van der Waals surface area contributed by atoms with Gasteiger partial charge < -0.3 is 4.74 Å². The van der Waals surface area contributed by atoms with Crippen LogP contribution in [0.2, 0.25) is 0 Å². The lowest BCUT2D eigenvalue weighted by Gasteiger charge is -2.17. The lowest BCUT2D eigenvalue weighted by molar-refractivity contribution is 0.0854. The number of hydrogen-bond acceptors (Lipinski definition) is 3. The Hall–Kier alpha value is -1.32. The molecule has 0 N–H and O–H groups in total. The molecule has 0 saturated heterocycles. The van der Waals surface area contributed by atoms with E-state index in [0.717, 1.165) is 25.7 Å². The van der Waals surface area contributed by atoms with Crippen LogP contribution in [0.25, 0.3) is 0 Å². The first-order valence-corrected chi connectivity index (χ1v) is 7.46. The molecule has 0 aromatic carbocycles. The summed E-state index contributed by atoms with van der Waals surface area (Å²) in [5.74, 6) is 0. The number of hydrogen-bond donors (Lipinski definition) is 0. The topological polar surface area (TPSA) is 44.1 Å². The molecule has 1 rings (SSSR count). The summed E-state index contributed by atoms with van der Waals surface area (Å²) in [6, 6.07) is 0. The van der Waals surface area contributed by atoms with E-state index in [1.165, 1.54) is 36.6 Å². The molecule has 19 heavy (non-hydrogen) atoms. The molecule has 4 nitrogen and oxygen atoms in total. The van der Waals surface area contributed by atoms with Crippen molar-refractivity contribution in [1.82, 2.24) is 9.55 Å². The van der Waals surface area contributed by atoms with Crippen molar-refractivity contribution in [3.63, 3.8) is 0 Å². The fraction of sp³-hybridized carbons (Fsp3) is 0.733. The van der Waals surface area contributed by atoms with E-state index in [9.17, 15) is 4.79 Å². The van der Waals surface area contributed by atoms with Gasteiger partial charge >= 0.3 is 6.09 Å². The van der Waals surface area contributed by atoms with Crippen LogP contribution in [0.3, 0.4) is 0 Å². The molecule has 1 heterocycles. The summed E-state index contributed by atoms with van der Waals surface area (Å²) in [7, 11) is 0. The largest absolute Gasteiger partial charge is 0.446 e. The molecule has 0 aliphatic heterocycles. The van der Waals surface area contributed by atoms with Gasteiger partial charge in [-0.3, -0.25) is 0 Å². The lowest BCUT2D eigenvalue weighted by Crippen LogP contribution is -2.21. The summed E-state index contributed by atoms with van der Waals surface area (Å²) < 4.78 is 6.97. The number of nitrogens with zero attached hydrogens (tertiary/aromatic N) is 2. The lowest BCUT2D eigenvalue weighted by atomic mass is 10.0. The molecule has 0 spiro atoms. The molecule has 0 fully saturated rings. The summed E-state index contributed by atoms with van der Waals surface area (Å²) in [6.07, 6.45) is 13.4. The smallest absolute Gasteiger partial charge is 0.419 e. The third-order valence-electron chi connectivity index (χ3n) is 3.24. The van der Waals surface area contributed by atoms with Crippen molar-refractivity contribution in [2.75, 3.05) is 0 Å². The molecule has 1 aromatic heterocycles. The van der Waals surface area contributed by atoms with E-state index < -0.39 is 0 Å². The number of imidazole rings is 1. The molecule has 108 valence electrons. The van der Waals surface area contributed by atoms with E-state index >= 15 is 0 Å². The monoisotopic (exact) mass is 266 g/mol. The summed E-state index contributed by atoms with van der Waals surface area (Å²) >= 11 is 0. The van der Waals surface area contributed by atoms with Crippen LogP contribution in [0, 0.1) is 0 Å². The molecule has 0 saturated carbocycles. The minimum Gasteiger partial charge on any atom is -0.446 e. The predicted molar refractivity (Wildman–Crippen MR) is 76.2 cm³/mol. The van der Waals surface area contributed by atoms with E-state index in [1.54, 1.807) is 12.4 Å². The van der Waals surface area contributed by atoms with Crippen LogP contribution in [0.1, 0.15) is 65.2 Å². The normalized spacial score (nSPS) is 10.9. The molecule has 4 heteroatoms. The average Bonchev–Trinajstić information content (AvgIpc) is 2.93. The van der Waals surface area contributed by atoms with E-state index in [0.29, 0.717) is 0 Å². The zero-order valence-corrected chi connectivity index (χ0v) is 12.2. The average molecular weight is 266 g/mol. The van der Waals surface area contributed by atoms with E-state index in [4.69, 9.17) is 4.74 Å². The molecule has 1 aromatic rings. The third kappa shape index (κ3) is 6.41. The number of aromatic nitrogens is 2. The third-order valence-corrected chi connectivity index (χ3v) is 3.24. The number of carbonyl (C=O) groups is 1. The highest BCUT2D eigenvalue weighted by Crippen LogP contribution is 2.15. The fourth-order valence-electron chi connectivity index (χ4n) is 2.08. The maximum Gasteiger partial charge on any atom is 0.419 e. The van der Waals surface area contributed by atoms with Gasteiger partial charge in [-0.05, 0) is 25.7 Å². The van der Waals surface area contributed by atoms with Crippen molar-refractivity contribution in [1.29, 1.82) is 0 Å². The summed E-state index contributed by atoms with van der Waals surface area (Å²) in [6.45, 7) is 4.37. The second-order valence-corrected chi connectivity index (χ2v) is 4.97. The Bertz CT molecular complexity index is 326. The van der Waals surface area contributed by atoms with Gasteiger partial charge in [0.1, 0.15) is 12.4 Å². The van der Waals surface area contributed by atoms with Crippen LogP contribution < -0.4 is 0 Å². The van der Waals surface area contributed by atoms with Gasteiger partial charge in [-0.2, -0.15) is 0 Å². The van der Waals surface area contributed by atoms with Gasteiger partial charge in [-0.25, -0.2) is 14.3 Å². The highest BCUT2D eigenvalue weighted by molar-refractivity contribution is 5.70. The second-order valence-electron chi connectivity index (χ2n) is 4.97. The minimum absolute atomic E-state index is 0.0491. The Balaban J connectivity index is 2.40. The van der Waals surface area contributed by atoms with Crippen molar-refractivity contribution in [2.24, 2.45) is 0 Å². The first-order valence-electron chi connectivity index (χ1n) is 7.46. The van der Waals surface area contributed by atoms with Crippen LogP contribution in [-0.2, 0) is 4.74 Å². The Kier molecular flexibility index (Phi) is 7.94. The van der Waals surface area contributed by atoms with Gasteiger partial charge in [0.25, 0.3) is 0 Å². The van der Waals surface area contributed by atoms with E-state index in [-0.39, 0.29) is 12.2 Å². The van der Waals surface area contributed by atoms with Gasteiger partial charge in [0.15, 0.2) is 0 Å². The Labute approximate surface area is 116 Å². The number of rotatable bonds is 9. The maximum absolute atomic E-state index is 11.9. The highest BCUT2D eigenvalue weighted by atomic mass is 16.6. The van der Waals surface area contributed by atoms with Crippen molar-refractivity contribution in [3.05, 3.63) is 18.7 Å². The number of carbonyl (C=O) groups excluding carboxylic acids is 1. The molecule has 0 aliphatic rings. The Morgan fingerprint density at radius 3 is 2.26 bits per heavy atom. The quantitative estimate of drug-likeness (QED) is 0.622. The minimum atomic E-state index is -0.310. The summed E-state index contributed by atoms with van der Waals surface area (Å²) in [5, 5.41) is 0. The predicted octanol–water partition coefficient (Wildman–Crippen LogP) is 4.40. The van der Waals surface area contributed by atoms with Gasteiger partial charge in [-0.15, -0.1) is 0 Å². The molecule has 0 amide bonds. The first kappa shape index (κ1) is 15.7. The molecule has 0 atom stereocenters. The SMILES string of the molecule is CCCCCC(CCCCC)OC(=O)n1ccnc1. The molecule has 0 aliphatic carbocycles. The maximum atomic E-state index is 11.9. The van der Waals surface area contributed by atoms with Gasteiger partial charge in [-0.1, -0.05) is 39.5 Å². The fourth-order valence-corrected chi connectivity index (χ4v) is 2.08. The standard InChI is InChI=1S/C15H26N2O2/c1-3-5-7-9-14(10-8-6-4-2)19-15(18)17-12-11-16-13-17/h11-14H,3-10H2,1-2H3. The van der Waals surface area contributed by atoms with Gasteiger partial charge in [0.2, 0.25) is 0 Å². The summed E-state index contributed by atoms with van der Waals surface area (Å²) in [5.41, 5.74) is 0. The van der Waals surface area contributed by atoms with Crippen molar-refractivity contribution < 1.29 is 9.53 Å². The molecular weight excluding hydrogens is 240 g/mol. The van der Waals surface area contributed by atoms with Crippen molar-refractivity contribution in [2.45, 2.75) is 71.3 Å². The zero-order chi connectivity index (χ0) is 13.9. The Morgan fingerprint density at radius 1 is 1.16 bits per heavy atom. The van der Waals surface area contributed by atoms with Crippen LogP contribution in [-0.4, -0.2) is 21.7 Å². The Morgan fingerprint density at radius 2 is 1.79 bits per heavy atom. The van der Waals surface area contributed by atoms with Crippen molar-refractivity contribution in [3.8, 4) is 0 Å². The summed E-state index contributed by atoms with van der Waals surface area (Å²) in [4.78, 5) is 15.7. The number of ether oxygens (including phenoxy) is 1. The van der Waals surface area contributed by atoms with Gasteiger partial charge in [0.05, 0.1) is 0 Å². The molecular formula is C15H26N2O2.